The first-order valence-electron chi connectivity index (χ1n) is 6.59. The van der Waals surface area contributed by atoms with Crippen molar-refractivity contribution in [3.05, 3.63) is 70.5 Å². The number of azo groups is 1. The van der Waals surface area contributed by atoms with E-state index in [2.05, 4.69) is 20.4 Å². The van der Waals surface area contributed by atoms with Crippen molar-refractivity contribution in [1.29, 1.82) is 0 Å². The Morgan fingerprint density at radius 1 is 0.857 bits per heavy atom. The molecule has 0 bridgehead atoms. The van der Waals surface area contributed by atoms with Gasteiger partial charge < -0.3 is 0 Å². The predicted molar refractivity (Wildman–Crippen MR) is 82.2 cm³/mol. The summed E-state index contributed by atoms with van der Waals surface area (Å²) >= 11 is 0. The molecule has 1 heterocycles. The normalized spacial score (nSPS) is 11.1. The number of nitrogens with zero attached hydrogens (tertiary/aromatic N) is 2. The average Bonchev–Trinajstić information content (AvgIpc) is 2.88. The minimum atomic E-state index is -0.286. The highest BCUT2D eigenvalue weighted by atomic mass is 16.1. The van der Waals surface area contributed by atoms with Crippen LogP contribution in [0, 0.1) is 6.92 Å². The van der Waals surface area contributed by atoms with Gasteiger partial charge in [0, 0.05) is 5.56 Å². The fraction of sp³-hybridized carbons (Fsp3) is 0.0625. The van der Waals surface area contributed by atoms with Gasteiger partial charge in [-0.25, -0.2) is 0 Å². The van der Waals surface area contributed by atoms with Crippen LogP contribution in [0.4, 0.5) is 11.4 Å². The largest absolute Gasteiger partial charge is 0.295 e. The zero-order chi connectivity index (χ0) is 14.7. The number of rotatable bonds is 3. The van der Waals surface area contributed by atoms with E-state index in [1.165, 1.54) is 0 Å². The van der Waals surface area contributed by atoms with Crippen molar-refractivity contribution >= 4 is 11.4 Å². The van der Waals surface area contributed by atoms with Crippen molar-refractivity contribution in [1.82, 2.24) is 10.2 Å². The van der Waals surface area contributed by atoms with E-state index in [4.69, 9.17) is 0 Å². The molecule has 1 aromatic heterocycles. The molecule has 0 aliphatic carbocycles. The van der Waals surface area contributed by atoms with E-state index in [-0.39, 0.29) is 11.2 Å². The van der Waals surface area contributed by atoms with Gasteiger partial charge in [0.15, 0.2) is 5.69 Å². The lowest BCUT2D eigenvalue weighted by molar-refractivity contribution is 1.06. The minimum Gasteiger partial charge on any atom is -0.295 e. The Hall–Kier alpha value is -2.95. The highest BCUT2D eigenvalue weighted by Gasteiger charge is 2.11. The van der Waals surface area contributed by atoms with Gasteiger partial charge in [-0.3, -0.25) is 15.0 Å². The van der Waals surface area contributed by atoms with E-state index in [9.17, 15) is 4.79 Å². The van der Waals surface area contributed by atoms with Crippen molar-refractivity contribution in [2.24, 2.45) is 10.2 Å². The van der Waals surface area contributed by atoms with Crippen LogP contribution in [0.2, 0.25) is 0 Å². The van der Waals surface area contributed by atoms with Crippen molar-refractivity contribution in [3.63, 3.8) is 0 Å². The molecule has 5 heteroatoms. The fourth-order valence-corrected chi connectivity index (χ4v) is 2.04. The van der Waals surface area contributed by atoms with Gasteiger partial charge in [-0.2, -0.15) is 5.11 Å². The Morgan fingerprint density at radius 2 is 1.57 bits per heavy atom. The maximum absolute atomic E-state index is 11.9. The third-order valence-corrected chi connectivity index (χ3v) is 3.19. The average molecular weight is 278 g/mol. The van der Waals surface area contributed by atoms with Crippen LogP contribution < -0.4 is 5.56 Å². The van der Waals surface area contributed by atoms with Crippen LogP contribution in [0.25, 0.3) is 11.3 Å². The summed E-state index contributed by atoms with van der Waals surface area (Å²) in [7, 11) is 0. The number of aromatic amines is 2. The second-order valence-corrected chi connectivity index (χ2v) is 4.66. The Balaban J connectivity index is 2.02. The van der Waals surface area contributed by atoms with Crippen LogP contribution in [0.15, 0.2) is 69.6 Å². The van der Waals surface area contributed by atoms with Gasteiger partial charge in [-0.05, 0) is 18.6 Å². The Bertz CT molecular complexity index is 831. The lowest BCUT2D eigenvalue weighted by Crippen LogP contribution is -1.96. The molecule has 2 N–H and O–H groups in total. The monoisotopic (exact) mass is 278 g/mol. The zero-order valence-corrected chi connectivity index (χ0v) is 11.5. The molecular weight excluding hydrogens is 264 g/mol. The molecule has 0 radical (unpaired) electrons. The summed E-state index contributed by atoms with van der Waals surface area (Å²) in [6, 6.07) is 17.2. The summed E-state index contributed by atoms with van der Waals surface area (Å²) < 4.78 is 0. The molecule has 0 aliphatic heterocycles. The van der Waals surface area contributed by atoms with Crippen LogP contribution >= 0.6 is 0 Å². The van der Waals surface area contributed by atoms with Crippen molar-refractivity contribution < 1.29 is 0 Å². The van der Waals surface area contributed by atoms with Crippen LogP contribution in [-0.2, 0) is 0 Å². The number of hydrogen-bond donors (Lipinski definition) is 2. The number of benzene rings is 2. The second kappa shape index (κ2) is 5.58. The predicted octanol–water partition coefficient (Wildman–Crippen LogP) is 4.09. The molecule has 0 saturated heterocycles. The van der Waals surface area contributed by atoms with Gasteiger partial charge in [0.05, 0.1) is 11.4 Å². The third kappa shape index (κ3) is 2.67. The third-order valence-electron chi connectivity index (χ3n) is 3.19. The summed E-state index contributed by atoms with van der Waals surface area (Å²) in [6.07, 6.45) is 0. The smallest absolute Gasteiger partial charge is 0.292 e. The second-order valence-electron chi connectivity index (χ2n) is 4.66. The van der Waals surface area contributed by atoms with Crippen molar-refractivity contribution in [2.75, 3.05) is 0 Å². The van der Waals surface area contributed by atoms with E-state index in [0.717, 1.165) is 16.8 Å². The van der Waals surface area contributed by atoms with E-state index in [1.807, 2.05) is 61.5 Å². The molecule has 0 spiro atoms. The number of aromatic nitrogens is 2. The van der Waals surface area contributed by atoms with E-state index in [0.29, 0.717) is 5.69 Å². The minimum absolute atomic E-state index is 0.282. The lowest BCUT2D eigenvalue weighted by atomic mass is 10.1. The van der Waals surface area contributed by atoms with Gasteiger partial charge in [-0.1, -0.05) is 48.5 Å². The van der Waals surface area contributed by atoms with Gasteiger partial charge >= 0.3 is 0 Å². The number of nitrogens with one attached hydrogen (secondary N) is 2. The summed E-state index contributed by atoms with van der Waals surface area (Å²) in [5.41, 5.74) is 3.27. The van der Waals surface area contributed by atoms with E-state index >= 15 is 0 Å². The van der Waals surface area contributed by atoms with Crippen molar-refractivity contribution in [2.45, 2.75) is 6.92 Å². The highest BCUT2D eigenvalue weighted by Crippen LogP contribution is 2.26. The molecule has 104 valence electrons. The zero-order valence-electron chi connectivity index (χ0n) is 11.5. The van der Waals surface area contributed by atoms with E-state index < -0.39 is 0 Å². The maximum Gasteiger partial charge on any atom is 0.292 e. The highest BCUT2D eigenvalue weighted by molar-refractivity contribution is 5.71. The van der Waals surface area contributed by atoms with Crippen LogP contribution in [0.5, 0.6) is 0 Å². The maximum atomic E-state index is 11.9. The number of H-pyrrole nitrogens is 2. The molecule has 0 fully saturated rings. The first-order chi connectivity index (χ1) is 10.3. The lowest BCUT2D eigenvalue weighted by Gasteiger charge is -1.99. The summed E-state index contributed by atoms with van der Waals surface area (Å²) in [4.78, 5) is 11.9. The summed E-state index contributed by atoms with van der Waals surface area (Å²) in [6.45, 7) is 1.95. The Kier molecular flexibility index (Phi) is 3.47. The van der Waals surface area contributed by atoms with Gasteiger partial charge in [0.1, 0.15) is 0 Å². The Labute approximate surface area is 121 Å². The standard InChI is InChI=1S/C16H14N4O/c1-11-7-5-6-10-13(11)17-19-15-14(18-20-16(15)21)12-8-3-2-4-9-12/h2-10H,1H3,(H2,18,20,21). The topological polar surface area (TPSA) is 73.4 Å². The fourth-order valence-electron chi connectivity index (χ4n) is 2.04. The number of aryl methyl sites for hydroxylation is 1. The molecular formula is C16H14N4O. The molecule has 3 rings (SSSR count). The first kappa shape index (κ1) is 13.1. The number of hydrogen-bond acceptors (Lipinski definition) is 3. The molecule has 2 aromatic carbocycles. The molecule has 0 atom stereocenters. The van der Waals surface area contributed by atoms with E-state index in [1.54, 1.807) is 0 Å². The SMILES string of the molecule is Cc1ccccc1N=Nc1c(-c2ccccc2)[nH][nH]c1=O. The summed E-state index contributed by atoms with van der Waals surface area (Å²) in [5.74, 6) is 0. The molecule has 0 amide bonds. The molecule has 0 saturated carbocycles. The van der Waals surface area contributed by atoms with Crippen LogP contribution in [-0.4, -0.2) is 10.2 Å². The Morgan fingerprint density at radius 3 is 2.33 bits per heavy atom. The van der Waals surface area contributed by atoms with Crippen LogP contribution in [0.3, 0.4) is 0 Å². The van der Waals surface area contributed by atoms with Gasteiger partial charge in [-0.15, -0.1) is 5.11 Å². The summed E-state index contributed by atoms with van der Waals surface area (Å²) in [5, 5.41) is 13.7. The molecule has 3 aromatic rings. The molecule has 5 nitrogen and oxygen atoms in total. The van der Waals surface area contributed by atoms with Gasteiger partial charge in [0.25, 0.3) is 5.56 Å². The molecule has 21 heavy (non-hydrogen) atoms. The van der Waals surface area contributed by atoms with Crippen molar-refractivity contribution in [3.8, 4) is 11.3 Å². The first-order valence-corrected chi connectivity index (χ1v) is 6.59. The molecule has 0 aliphatic rings. The quantitative estimate of drug-likeness (QED) is 0.696. The molecule has 0 unspecified atom stereocenters. The van der Waals surface area contributed by atoms with Crippen LogP contribution in [0.1, 0.15) is 5.56 Å². The van der Waals surface area contributed by atoms with Gasteiger partial charge in [0.2, 0.25) is 0 Å².